The van der Waals surface area contributed by atoms with Crippen molar-refractivity contribution < 1.29 is 0 Å². The van der Waals surface area contributed by atoms with E-state index >= 15 is 0 Å². The fraction of sp³-hybridized carbons (Fsp3) is 0. The maximum atomic E-state index is 12.6. The molecule has 0 aliphatic heterocycles. The highest BCUT2D eigenvalue weighted by atomic mass is 79.9. The summed E-state index contributed by atoms with van der Waals surface area (Å²) in [5.41, 5.74) is 1.17. The van der Waals surface area contributed by atoms with Gasteiger partial charge in [0.1, 0.15) is 0 Å². The van der Waals surface area contributed by atoms with Crippen LogP contribution in [0.25, 0.3) is 16.6 Å². The van der Waals surface area contributed by atoms with E-state index in [1.165, 1.54) is 4.57 Å². The first kappa shape index (κ1) is 13.5. The summed E-state index contributed by atoms with van der Waals surface area (Å²) >= 11 is 14.7. The van der Waals surface area contributed by atoms with E-state index < -0.39 is 0 Å². The Morgan fingerprint density at radius 1 is 1.20 bits per heavy atom. The Labute approximate surface area is 133 Å². The quantitative estimate of drug-likeness (QED) is 0.645. The van der Waals surface area contributed by atoms with Crippen molar-refractivity contribution >= 4 is 50.7 Å². The number of H-pyrrole nitrogens is 1. The summed E-state index contributed by atoms with van der Waals surface area (Å²) in [5, 5.41) is 1.12. The number of nitrogens with zero attached hydrogens (tertiary/aromatic N) is 1. The molecule has 1 heterocycles. The minimum absolute atomic E-state index is 0.174. The fourth-order valence-electron chi connectivity index (χ4n) is 2.04. The summed E-state index contributed by atoms with van der Waals surface area (Å²) in [6.07, 6.45) is 0. The van der Waals surface area contributed by atoms with Crippen molar-refractivity contribution in [3.63, 3.8) is 0 Å². The highest BCUT2D eigenvalue weighted by molar-refractivity contribution is 9.10. The van der Waals surface area contributed by atoms with Gasteiger partial charge in [0.25, 0.3) is 5.56 Å². The maximum absolute atomic E-state index is 12.6. The van der Waals surface area contributed by atoms with Crippen LogP contribution >= 0.6 is 39.7 Å². The van der Waals surface area contributed by atoms with Crippen LogP contribution in [0.2, 0.25) is 5.02 Å². The molecule has 0 unspecified atom stereocenters. The molecule has 0 saturated heterocycles. The van der Waals surface area contributed by atoms with Gasteiger partial charge in [-0.2, -0.15) is 0 Å². The largest absolute Gasteiger partial charge is 0.331 e. The van der Waals surface area contributed by atoms with Gasteiger partial charge in [-0.05, 0) is 58.5 Å². The third-order valence-corrected chi connectivity index (χ3v) is 4.14. The van der Waals surface area contributed by atoms with Gasteiger partial charge in [-0.15, -0.1) is 0 Å². The van der Waals surface area contributed by atoms with Crippen molar-refractivity contribution in [2.24, 2.45) is 0 Å². The van der Waals surface area contributed by atoms with Gasteiger partial charge in [0, 0.05) is 9.50 Å². The summed E-state index contributed by atoms with van der Waals surface area (Å²) in [6.45, 7) is 0. The number of hydrogen-bond acceptors (Lipinski definition) is 2. The molecule has 20 heavy (non-hydrogen) atoms. The summed E-state index contributed by atoms with van der Waals surface area (Å²) in [4.78, 5) is 15.7. The van der Waals surface area contributed by atoms with Crippen LogP contribution in [-0.2, 0) is 0 Å². The number of aromatic nitrogens is 2. The van der Waals surface area contributed by atoms with Crippen molar-refractivity contribution in [2.75, 3.05) is 0 Å². The molecule has 0 atom stereocenters. The Kier molecular flexibility index (Phi) is 3.50. The van der Waals surface area contributed by atoms with Gasteiger partial charge < -0.3 is 4.98 Å². The van der Waals surface area contributed by atoms with E-state index in [1.807, 2.05) is 18.2 Å². The molecule has 0 fully saturated rings. The van der Waals surface area contributed by atoms with Crippen molar-refractivity contribution in [3.8, 4) is 5.69 Å². The predicted molar refractivity (Wildman–Crippen MR) is 87.4 cm³/mol. The van der Waals surface area contributed by atoms with E-state index in [-0.39, 0.29) is 5.56 Å². The zero-order valence-corrected chi connectivity index (χ0v) is 13.2. The summed E-state index contributed by atoms with van der Waals surface area (Å²) in [5.74, 6) is 0. The van der Waals surface area contributed by atoms with E-state index in [0.717, 1.165) is 9.99 Å². The van der Waals surface area contributed by atoms with Crippen LogP contribution in [0.3, 0.4) is 0 Å². The lowest BCUT2D eigenvalue weighted by Crippen LogP contribution is -2.20. The monoisotopic (exact) mass is 366 g/mol. The van der Waals surface area contributed by atoms with Crippen LogP contribution in [0.15, 0.2) is 51.7 Å². The highest BCUT2D eigenvalue weighted by Gasteiger charge is 2.10. The molecule has 0 bridgehead atoms. The van der Waals surface area contributed by atoms with Crippen LogP contribution in [0.4, 0.5) is 0 Å². The molecule has 0 aliphatic rings. The minimum Gasteiger partial charge on any atom is -0.331 e. The molecule has 1 aromatic heterocycles. The van der Waals surface area contributed by atoms with Gasteiger partial charge >= 0.3 is 0 Å². The smallest absolute Gasteiger partial charge is 0.266 e. The Morgan fingerprint density at radius 3 is 2.75 bits per heavy atom. The second-order valence-corrected chi connectivity index (χ2v) is 5.89. The number of para-hydroxylation sites is 1. The number of benzene rings is 2. The lowest BCUT2D eigenvalue weighted by atomic mass is 10.2. The molecule has 3 aromatic rings. The Balaban J connectivity index is 2.46. The molecule has 1 N–H and O–H groups in total. The predicted octanol–water partition coefficient (Wildman–Crippen LogP) is 4.46. The van der Waals surface area contributed by atoms with Crippen LogP contribution in [0.5, 0.6) is 0 Å². The third kappa shape index (κ3) is 2.22. The highest BCUT2D eigenvalue weighted by Crippen LogP contribution is 2.24. The van der Waals surface area contributed by atoms with Gasteiger partial charge in [0.2, 0.25) is 0 Å². The van der Waals surface area contributed by atoms with Gasteiger partial charge in [0.15, 0.2) is 4.77 Å². The average Bonchev–Trinajstić information content (AvgIpc) is 2.42. The van der Waals surface area contributed by atoms with Gasteiger partial charge in [-0.1, -0.05) is 23.7 Å². The summed E-state index contributed by atoms with van der Waals surface area (Å²) < 4.78 is 2.52. The minimum atomic E-state index is -0.174. The second kappa shape index (κ2) is 5.16. The molecule has 100 valence electrons. The lowest BCUT2D eigenvalue weighted by molar-refractivity contribution is 0.935. The van der Waals surface area contributed by atoms with Crippen molar-refractivity contribution in [1.82, 2.24) is 9.55 Å². The molecule has 6 heteroatoms. The zero-order chi connectivity index (χ0) is 14.3. The Morgan fingerprint density at radius 2 is 1.95 bits per heavy atom. The summed E-state index contributed by atoms with van der Waals surface area (Å²) in [7, 11) is 0. The average molecular weight is 368 g/mol. The molecule has 3 nitrogen and oxygen atoms in total. The standard InChI is InChI=1S/C14H8BrClN2OS/c15-10-6-5-8(16)7-12(10)18-13(19)9-3-1-2-4-11(9)17-14(18)20/h1-7H,(H,17,20). The molecule has 0 aliphatic carbocycles. The number of fused-ring (bicyclic) bond motifs is 1. The van der Waals surface area contributed by atoms with Gasteiger partial charge in [-0.3, -0.25) is 9.36 Å². The molecular formula is C14H8BrClN2OS. The number of aromatic amines is 1. The SMILES string of the molecule is O=c1c2ccccc2[nH]c(=S)n1-c1cc(Cl)ccc1Br. The second-order valence-electron chi connectivity index (χ2n) is 4.21. The van der Waals surface area contributed by atoms with Crippen LogP contribution in [-0.4, -0.2) is 9.55 Å². The molecule has 0 amide bonds. The lowest BCUT2D eigenvalue weighted by Gasteiger charge is -2.10. The zero-order valence-electron chi connectivity index (χ0n) is 10.1. The van der Waals surface area contributed by atoms with E-state index in [2.05, 4.69) is 20.9 Å². The summed E-state index contributed by atoms with van der Waals surface area (Å²) in [6, 6.07) is 12.5. The third-order valence-electron chi connectivity index (χ3n) is 2.95. The molecule has 3 rings (SSSR count). The van der Waals surface area contributed by atoms with Crippen LogP contribution < -0.4 is 5.56 Å². The Bertz CT molecular complexity index is 932. The first-order chi connectivity index (χ1) is 9.58. The topological polar surface area (TPSA) is 37.8 Å². The molecule has 0 spiro atoms. The molecule has 0 saturated carbocycles. The van der Waals surface area contributed by atoms with Crippen molar-refractivity contribution in [1.29, 1.82) is 0 Å². The van der Waals surface area contributed by atoms with E-state index in [4.69, 9.17) is 23.8 Å². The Hall–Kier alpha value is -1.43. The molecule has 2 aromatic carbocycles. The van der Waals surface area contributed by atoms with E-state index in [1.54, 1.807) is 24.3 Å². The van der Waals surface area contributed by atoms with E-state index in [0.29, 0.717) is 20.9 Å². The van der Waals surface area contributed by atoms with E-state index in [9.17, 15) is 4.79 Å². The van der Waals surface area contributed by atoms with Gasteiger partial charge in [-0.25, -0.2) is 0 Å². The number of rotatable bonds is 1. The number of halogens is 2. The number of nitrogens with one attached hydrogen (secondary N) is 1. The van der Waals surface area contributed by atoms with Crippen LogP contribution in [0, 0.1) is 4.77 Å². The first-order valence-corrected chi connectivity index (χ1v) is 7.35. The maximum Gasteiger partial charge on any atom is 0.266 e. The van der Waals surface area contributed by atoms with Gasteiger partial charge in [0.05, 0.1) is 16.6 Å². The first-order valence-electron chi connectivity index (χ1n) is 5.77. The molecular weight excluding hydrogens is 360 g/mol. The fourth-order valence-corrected chi connectivity index (χ4v) is 2.92. The number of hydrogen-bond donors (Lipinski definition) is 1. The van der Waals surface area contributed by atoms with Crippen molar-refractivity contribution in [3.05, 3.63) is 67.1 Å². The van der Waals surface area contributed by atoms with Crippen molar-refractivity contribution in [2.45, 2.75) is 0 Å². The normalized spacial score (nSPS) is 10.9. The van der Waals surface area contributed by atoms with Crippen LogP contribution in [0.1, 0.15) is 0 Å². The molecule has 0 radical (unpaired) electrons.